The van der Waals surface area contributed by atoms with Crippen molar-refractivity contribution in [3.05, 3.63) is 66.9 Å². The Balaban J connectivity index is 1.25. The standard InChI is InChI=1S/C32H33F2N7O5/c1-19-12-20(6-7-24(19)44-21-8-11-41-27(15-21)36-18-38-41)39-29-28-23(35-17-37-29)13-22(43-5)14-25(28)45-26-9-10-40(16-32(26,33)34)30(42)46-31(2,3)4/h6-8,11-15,17-18,26H,9-10,16H2,1-5H3,(H,35,37,39)/t26-/m0/s1. The first kappa shape index (κ1) is 30.7. The Morgan fingerprint density at radius 1 is 1.02 bits per heavy atom. The first-order valence-electron chi connectivity index (χ1n) is 14.6. The molecule has 1 amide bonds. The number of aromatic nitrogens is 5. The second-order valence-corrected chi connectivity index (χ2v) is 11.9. The molecule has 46 heavy (non-hydrogen) atoms. The average molecular weight is 634 g/mol. The summed E-state index contributed by atoms with van der Waals surface area (Å²) in [4.78, 5) is 26.4. The van der Waals surface area contributed by atoms with E-state index in [0.29, 0.717) is 45.3 Å². The predicted octanol–water partition coefficient (Wildman–Crippen LogP) is 6.55. The van der Waals surface area contributed by atoms with Crippen LogP contribution in [-0.4, -0.2) is 73.4 Å². The van der Waals surface area contributed by atoms with Crippen LogP contribution in [-0.2, 0) is 4.74 Å². The zero-order valence-corrected chi connectivity index (χ0v) is 26.0. The van der Waals surface area contributed by atoms with E-state index in [1.165, 1.54) is 25.8 Å². The number of carbonyl (C=O) groups excluding carboxylic acids is 1. The minimum absolute atomic E-state index is 0.0409. The van der Waals surface area contributed by atoms with E-state index in [0.717, 1.165) is 10.5 Å². The van der Waals surface area contributed by atoms with Crippen LogP contribution < -0.4 is 19.5 Å². The molecule has 1 N–H and O–H groups in total. The van der Waals surface area contributed by atoms with Crippen LogP contribution in [0.4, 0.5) is 25.1 Å². The maximum Gasteiger partial charge on any atom is 0.410 e. The Morgan fingerprint density at radius 3 is 2.59 bits per heavy atom. The van der Waals surface area contributed by atoms with Gasteiger partial charge in [0.2, 0.25) is 0 Å². The zero-order chi connectivity index (χ0) is 32.6. The number of halogens is 2. The van der Waals surface area contributed by atoms with E-state index >= 15 is 8.78 Å². The van der Waals surface area contributed by atoms with Gasteiger partial charge in [0.25, 0.3) is 0 Å². The molecule has 0 bridgehead atoms. The molecule has 0 saturated carbocycles. The summed E-state index contributed by atoms with van der Waals surface area (Å²) in [5.41, 5.74) is 1.80. The fourth-order valence-corrected chi connectivity index (χ4v) is 5.10. The smallest absolute Gasteiger partial charge is 0.410 e. The maximum atomic E-state index is 15.5. The molecule has 4 heterocycles. The minimum Gasteiger partial charge on any atom is -0.497 e. The number of piperidine rings is 1. The van der Waals surface area contributed by atoms with Gasteiger partial charge in [0.05, 0.1) is 24.6 Å². The molecule has 1 saturated heterocycles. The number of hydrogen-bond acceptors (Lipinski definition) is 10. The number of nitrogens with one attached hydrogen (secondary N) is 1. The number of rotatable bonds is 7. The van der Waals surface area contributed by atoms with Gasteiger partial charge in [0, 0.05) is 43.0 Å². The molecule has 0 aliphatic carbocycles. The van der Waals surface area contributed by atoms with E-state index in [2.05, 4.69) is 25.4 Å². The van der Waals surface area contributed by atoms with Gasteiger partial charge in [-0.3, -0.25) is 0 Å². The average Bonchev–Trinajstić information content (AvgIpc) is 3.46. The lowest BCUT2D eigenvalue weighted by Crippen LogP contribution is -2.56. The lowest BCUT2D eigenvalue weighted by molar-refractivity contribution is -0.137. The number of benzene rings is 2. The Bertz CT molecular complexity index is 1910. The molecular weight excluding hydrogens is 600 g/mol. The summed E-state index contributed by atoms with van der Waals surface area (Å²) in [5.74, 6) is -1.27. The third-order valence-electron chi connectivity index (χ3n) is 7.28. The Morgan fingerprint density at radius 2 is 1.85 bits per heavy atom. The highest BCUT2D eigenvalue weighted by molar-refractivity contribution is 5.96. The third-order valence-corrected chi connectivity index (χ3v) is 7.28. The monoisotopic (exact) mass is 633 g/mol. The number of likely N-dealkylation sites (tertiary alicyclic amines) is 1. The molecule has 3 aromatic heterocycles. The molecule has 0 unspecified atom stereocenters. The number of pyridine rings is 1. The molecule has 1 aliphatic heterocycles. The van der Waals surface area contributed by atoms with Gasteiger partial charge in [-0.2, -0.15) is 5.10 Å². The molecule has 1 atom stereocenters. The van der Waals surface area contributed by atoms with Crippen molar-refractivity contribution < 1.29 is 32.5 Å². The van der Waals surface area contributed by atoms with Crippen molar-refractivity contribution in [1.82, 2.24) is 29.5 Å². The van der Waals surface area contributed by atoms with Crippen LogP contribution in [0.5, 0.6) is 23.0 Å². The van der Waals surface area contributed by atoms with Crippen molar-refractivity contribution in [3.8, 4) is 23.0 Å². The fourth-order valence-electron chi connectivity index (χ4n) is 5.10. The maximum absolute atomic E-state index is 15.5. The zero-order valence-electron chi connectivity index (χ0n) is 26.0. The Hall–Kier alpha value is -5.27. The van der Waals surface area contributed by atoms with Gasteiger partial charge in [-0.25, -0.2) is 33.0 Å². The molecule has 240 valence electrons. The first-order valence-corrected chi connectivity index (χ1v) is 14.6. The number of carbonyl (C=O) groups is 1. The lowest BCUT2D eigenvalue weighted by atomic mass is 10.0. The van der Waals surface area contributed by atoms with Gasteiger partial charge in [0.15, 0.2) is 11.8 Å². The molecule has 5 aromatic rings. The fraction of sp³-hybridized carbons (Fsp3) is 0.344. The number of anilines is 2. The van der Waals surface area contributed by atoms with Crippen molar-refractivity contribution in [2.24, 2.45) is 0 Å². The summed E-state index contributed by atoms with van der Waals surface area (Å²) in [6, 6.07) is 12.3. The highest BCUT2D eigenvalue weighted by Crippen LogP contribution is 2.40. The SMILES string of the molecule is COc1cc(O[C@H]2CCN(C(=O)OC(C)(C)C)CC2(F)F)c2c(Nc3ccc(Oc4ccn5ncnc5c4)c(C)c3)ncnc2c1. The van der Waals surface area contributed by atoms with Gasteiger partial charge in [-0.1, -0.05) is 0 Å². The molecule has 1 fully saturated rings. The van der Waals surface area contributed by atoms with Crippen LogP contribution in [0.2, 0.25) is 0 Å². The summed E-state index contributed by atoms with van der Waals surface area (Å²) in [6.07, 6.45) is 2.16. The van der Waals surface area contributed by atoms with E-state index in [-0.39, 0.29) is 18.7 Å². The van der Waals surface area contributed by atoms with Gasteiger partial charge >= 0.3 is 12.0 Å². The van der Waals surface area contributed by atoms with E-state index in [1.807, 2.05) is 25.1 Å². The van der Waals surface area contributed by atoms with E-state index in [4.69, 9.17) is 18.9 Å². The topological polar surface area (TPSA) is 125 Å². The number of methoxy groups -OCH3 is 1. The van der Waals surface area contributed by atoms with E-state index in [9.17, 15) is 4.79 Å². The summed E-state index contributed by atoms with van der Waals surface area (Å²) < 4.78 is 55.4. The normalized spacial score (nSPS) is 16.3. The molecule has 6 rings (SSSR count). The van der Waals surface area contributed by atoms with Crippen LogP contribution in [0.15, 0.2) is 61.3 Å². The van der Waals surface area contributed by atoms with Crippen LogP contribution in [0, 0.1) is 6.92 Å². The number of ether oxygens (including phenoxy) is 4. The third kappa shape index (κ3) is 6.55. The van der Waals surface area contributed by atoms with Gasteiger partial charge < -0.3 is 29.2 Å². The summed E-state index contributed by atoms with van der Waals surface area (Å²) in [7, 11) is 1.47. The number of aryl methyl sites for hydroxylation is 1. The van der Waals surface area contributed by atoms with Crippen molar-refractivity contribution in [1.29, 1.82) is 0 Å². The number of nitrogens with zero attached hydrogens (tertiary/aromatic N) is 6. The second-order valence-electron chi connectivity index (χ2n) is 11.9. The number of amides is 1. The van der Waals surface area contributed by atoms with E-state index < -0.39 is 30.3 Å². The van der Waals surface area contributed by atoms with Crippen molar-refractivity contribution in [3.63, 3.8) is 0 Å². The first-order chi connectivity index (χ1) is 21.9. The summed E-state index contributed by atoms with van der Waals surface area (Å²) in [6.45, 7) is 6.16. The molecule has 12 nitrogen and oxygen atoms in total. The Labute approximate surface area is 263 Å². The number of alkyl halides is 2. The van der Waals surface area contributed by atoms with Crippen LogP contribution in [0.3, 0.4) is 0 Å². The van der Waals surface area contributed by atoms with Gasteiger partial charge in [-0.05, 0) is 57.5 Å². The molecule has 0 radical (unpaired) electrons. The number of hydrogen-bond donors (Lipinski definition) is 1. The number of fused-ring (bicyclic) bond motifs is 2. The van der Waals surface area contributed by atoms with Crippen LogP contribution >= 0.6 is 0 Å². The Kier molecular flexibility index (Phi) is 7.96. The van der Waals surface area contributed by atoms with Crippen molar-refractivity contribution in [2.75, 3.05) is 25.5 Å². The molecule has 0 spiro atoms. The van der Waals surface area contributed by atoms with Crippen LogP contribution in [0.25, 0.3) is 16.6 Å². The van der Waals surface area contributed by atoms with Gasteiger partial charge in [0.1, 0.15) is 47.1 Å². The quantitative estimate of drug-likeness (QED) is 0.211. The molecular formula is C32H33F2N7O5. The molecule has 14 heteroatoms. The van der Waals surface area contributed by atoms with Crippen molar-refractivity contribution >= 4 is 34.1 Å². The second kappa shape index (κ2) is 11.9. The predicted molar refractivity (Wildman–Crippen MR) is 165 cm³/mol. The lowest BCUT2D eigenvalue weighted by Gasteiger charge is -2.38. The minimum atomic E-state index is -3.36. The summed E-state index contributed by atoms with van der Waals surface area (Å²) >= 11 is 0. The molecule has 1 aliphatic rings. The highest BCUT2D eigenvalue weighted by atomic mass is 19.3. The van der Waals surface area contributed by atoms with Gasteiger partial charge in [-0.15, -0.1) is 0 Å². The largest absolute Gasteiger partial charge is 0.497 e. The van der Waals surface area contributed by atoms with Crippen LogP contribution in [0.1, 0.15) is 32.8 Å². The van der Waals surface area contributed by atoms with Crippen molar-refractivity contribution in [2.45, 2.75) is 51.7 Å². The summed E-state index contributed by atoms with van der Waals surface area (Å²) in [5, 5.41) is 7.76. The highest BCUT2D eigenvalue weighted by Gasteiger charge is 2.48. The molecule has 2 aromatic carbocycles. The van der Waals surface area contributed by atoms with E-state index in [1.54, 1.807) is 49.7 Å².